The molecule has 0 aliphatic rings. The molecule has 0 amide bonds. The molecule has 0 unspecified atom stereocenters. The van der Waals surface area contributed by atoms with Gasteiger partial charge >= 0.3 is 11.9 Å². The molecule has 0 radical (unpaired) electrons. The van der Waals surface area contributed by atoms with Crippen LogP contribution in [0.25, 0.3) is 40.2 Å². The lowest BCUT2D eigenvalue weighted by molar-refractivity contribution is 0.0686. The fraction of sp³-hybridized carbons (Fsp3) is 0.0741. The normalized spacial score (nSPS) is 10.9. The number of allylic oxidation sites excluding steroid dienone is 3. The summed E-state index contributed by atoms with van der Waals surface area (Å²) in [5, 5.41) is 18.9. The molecule has 4 heterocycles. The fourth-order valence-corrected chi connectivity index (χ4v) is 3.28. The Labute approximate surface area is 201 Å². The first-order chi connectivity index (χ1) is 16.8. The Kier molecular flexibility index (Phi) is 6.64. The lowest BCUT2D eigenvalue weighted by Crippen LogP contribution is -2.02. The topological polar surface area (TPSA) is 126 Å². The van der Waals surface area contributed by atoms with Crippen LogP contribution in [0.2, 0.25) is 0 Å². The minimum atomic E-state index is -1.15. The second-order valence-electron chi connectivity index (χ2n) is 7.90. The van der Waals surface area contributed by atoms with Gasteiger partial charge in [0.25, 0.3) is 0 Å². The van der Waals surface area contributed by atoms with Crippen LogP contribution in [-0.4, -0.2) is 37.1 Å². The highest BCUT2D eigenvalue weighted by Gasteiger charge is 2.15. The molecular formula is C27H21N3O5. The monoisotopic (exact) mass is 467 g/mol. The standard InChI is InChI=1S/C27H21N3O5/c1-16(2)4-3-5-20-6-7-25(35-20)17-8-10-28-21(12-17)23-14-19(27(33)34)15-24(30-23)22-13-18(26(31)32)9-11-29-22/h3-15H,1-2H3,(H,31,32)(H,33,34)/b5-3+. The Hall–Kier alpha value is -4.85. The Bertz CT molecular complexity index is 1480. The number of carboxylic acids is 2. The number of hydrogen-bond donors (Lipinski definition) is 2. The van der Waals surface area contributed by atoms with Gasteiger partial charge in [-0.2, -0.15) is 0 Å². The largest absolute Gasteiger partial charge is 0.478 e. The van der Waals surface area contributed by atoms with Gasteiger partial charge in [-0.3, -0.25) is 9.97 Å². The summed E-state index contributed by atoms with van der Waals surface area (Å²) in [7, 11) is 0. The van der Waals surface area contributed by atoms with Crippen LogP contribution in [0.15, 0.2) is 83.1 Å². The van der Waals surface area contributed by atoms with Crippen molar-refractivity contribution in [2.45, 2.75) is 13.8 Å². The van der Waals surface area contributed by atoms with E-state index in [0.717, 1.165) is 5.56 Å². The molecule has 0 saturated heterocycles. The van der Waals surface area contributed by atoms with E-state index in [1.54, 1.807) is 18.3 Å². The second-order valence-corrected chi connectivity index (χ2v) is 7.90. The number of furan rings is 1. The molecule has 2 N–H and O–H groups in total. The molecule has 0 saturated carbocycles. The summed E-state index contributed by atoms with van der Waals surface area (Å²) < 4.78 is 5.91. The van der Waals surface area contributed by atoms with Gasteiger partial charge in [0.2, 0.25) is 0 Å². The zero-order chi connectivity index (χ0) is 24.9. The minimum Gasteiger partial charge on any atom is -0.478 e. The first kappa shape index (κ1) is 23.3. The third-order valence-corrected chi connectivity index (χ3v) is 4.97. The molecule has 4 aromatic heterocycles. The third-order valence-electron chi connectivity index (χ3n) is 4.97. The van der Waals surface area contributed by atoms with Crippen LogP contribution in [0.1, 0.15) is 40.3 Å². The van der Waals surface area contributed by atoms with Crippen molar-refractivity contribution in [3.63, 3.8) is 0 Å². The highest BCUT2D eigenvalue weighted by Crippen LogP contribution is 2.28. The summed E-state index contributed by atoms with van der Waals surface area (Å²) in [6, 6.07) is 12.7. The van der Waals surface area contributed by atoms with Crippen LogP contribution in [-0.2, 0) is 0 Å². The summed E-state index contributed by atoms with van der Waals surface area (Å²) in [5.41, 5.74) is 3.11. The second kappa shape index (κ2) is 9.96. The van der Waals surface area contributed by atoms with Gasteiger partial charge in [0.1, 0.15) is 11.5 Å². The SMILES string of the molecule is CC(C)=C/C=C/c1ccc(-c2ccnc(-c3cc(C(=O)O)cc(-c4cc(C(=O)O)ccn4)n3)c2)o1. The van der Waals surface area contributed by atoms with Crippen LogP contribution in [0, 0.1) is 0 Å². The smallest absolute Gasteiger partial charge is 0.335 e. The van der Waals surface area contributed by atoms with Gasteiger partial charge in [-0.25, -0.2) is 14.6 Å². The van der Waals surface area contributed by atoms with Gasteiger partial charge in [-0.05, 0) is 68.5 Å². The number of rotatable bonds is 7. The average Bonchev–Trinajstić information content (AvgIpc) is 3.32. The number of aromatic nitrogens is 3. The number of hydrogen-bond acceptors (Lipinski definition) is 6. The third kappa shape index (κ3) is 5.56. The molecule has 0 aliphatic carbocycles. The molecule has 0 atom stereocenters. The first-order valence-corrected chi connectivity index (χ1v) is 10.6. The van der Waals surface area contributed by atoms with E-state index in [1.807, 2.05) is 44.2 Å². The molecule has 174 valence electrons. The molecule has 0 aliphatic heterocycles. The van der Waals surface area contributed by atoms with Crippen molar-refractivity contribution in [2.75, 3.05) is 0 Å². The fourth-order valence-electron chi connectivity index (χ4n) is 3.28. The molecule has 4 rings (SSSR count). The lowest BCUT2D eigenvalue weighted by atomic mass is 10.1. The maximum atomic E-state index is 11.8. The predicted molar refractivity (Wildman–Crippen MR) is 131 cm³/mol. The maximum absolute atomic E-state index is 11.8. The number of aromatic carboxylic acids is 2. The molecule has 0 aromatic carbocycles. The molecular weight excluding hydrogens is 446 g/mol. The van der Waals surface area contributed by atoms with Crippen LogP contribution in [0.5, 0.6) is 0 Å². The summed E-state index contributed by atoms with van der Waals surface area (Å²) in [6.45, 7) is 4.02. The van der Waals surface area contributed by atoms with E-state index in [9.17, 15) is 19.8 Å². The Balaban J connectivity index is 1.74. The van der Waals surface area contributed by atoms with Crippen molar-refractivity contribution in [1.29, 1.82) is 0 Å². The number of pyridine rings is 3. The number of carboxylic acid groups (broad SMARTS) is 2. The van der Waals surface area contributed by atoms with Crippen molar-refractivity contribution in [3.05, 3.63) is 95.5 Å². The molecule has 4 aromatic rings. The molecule has 8 heteroatoms. The van der Waals surface area contributed by atoms with Gasteiger partial charge in [-0.1, -0.05) is 17.7 Å². The van der Waals surface area contributed by atoms with Gasteiger partial charge in [0.05, 0.1) is 33.9 Å². The van der Waals surface area contributed by atoms with Crippen molar-refractivity contribution in [3.8, 4) is 34.1 Å². The van der Waals surface area contributed by atoms with Crippen molar-refractivity contribution < 1.29 is 24.2 Å². The van der Waals surface area contributed by atoms with Gasteiger partial charge < -0.3 is 14.6 Å². The van der Waals surface area contributed by atoms with E-state index in [0.29, 0.717) is 22.9 Å². The Morgan fingerprint density at radius 1 is 0.800 bits per heavy atom. The van der Waals surface area contributed by atoms with Gasteiger partial charge in [0.15, 0.2) is 0 Å². The van der Waals surface area contributed by atoms with Crippen molar-refractivity contribution in [1.82, 2.24) is 15.0 Å². The van der Waals surface area contributed by atoms with Crippen LogP contribution < -0.4 is 0 Å². The van der Waals surface area contributed by atoms with Gasteiger partial charge in [0, 0.05) is 18.0 Å². The van der Waals surface area contributed by atoms with E-state index < -0.39 is 11.9 Å². The molecule has 35 heavy (non-hydrogen) atoms. The molecule has 8 nitrogen and oxygen atoms in total. The van der Waals surface area contributed by atoms with E-state index in [2.05, 4.69) is 15.0 Å². The maximum Gasteiger partial charge on any atom is 0.335 e. The van der Waals surface area contributed by atoms with Crippen molar-refractivity contribution >= 4 is 18.0 Å². The predicted octanol–water partition coefficient (Wildman–Crippen LogP) is 5.84. The van der Waals surface area contributed by atoms with E-state index >= 15 is 0 Å². The minimum absolute atomic E-state index is 0.0199. The van der Waals surface area contributed by atoms with E-state index in [4.69, 9.17) is 4.42 Å². The van der Waals surface area contributed by atoms with E-state index in [-0.39, 0.29) is 22.5 Å². The molecule has 0 bridgehead atoms. The molecule has 0 fully saturated rings. The van der Waals surface area contributed by atoms with E-state index in [1.165, 1.54) is 36.0 Å². The molecule has 0 spiro atoms. The summed E-state index contributed by atoms with van der Waals surface area (Å²) >= 11 is 0. The summed E-state index contributed by atoms with van der Waals surface area (Å²) in [6.07, 6.45) is 8.68. The van der Waals surface area contributed by atoms with Crippen LogP contribution in [0.3, 0.4) is 0 Å². The first-order valence-electron chi connectivity index (χ1n) is 10.6. The summed E-state index contributed by atoms with van der Waals surface area (Å²) in [4.78, 5) is 36.2. The zero-order valence-electron chi connectivity index (χ0n) is 19.0. The highest BCUT2D eigenvalue weighted by molar-refractivity contribution is 5.91. The summed E-state index contributed by atoms with van der Waals surface area (Å²) in [5.74, 6) is -0.963. The lowest BCUT2D eigenvalue weighted by Gasteiger charge is -2.08. The van der Waals surface area contributed by atoms with Crippen LogP contribution >= 0.6 is 0 Å². The zero-order valence-corrected chi connectivity index (χ0v) is 19.0. The number of carbonyl (C=O) groups is 2. The van der Waals surface area contributed by atoms with Gasteiger partial charge in [-0.15, -0.1) is 0 Å². The highest BCUT2D eigenvalue weighted by atomic mass is 16.4. The average molecular weight is 467 g/mol. The number of nitrogens with zero attached hydrogens (tertiary/aromatic N) is 3. The van der Waals surface area contributed by atoms with Crippen LogP contribution in [0.4, 0.5) is 0 Å². The quantitative estimate of drug-likeness (QED) is 0.325. The van der Waals surface area contributed by atoms with Crippen molar-refractivity contribution in [2.24, 2.45) is 0 Å². The Morgan fingerprint density at radius 3 is 2.09 bits per heavy atom. The Morgan fingerprint density at radius 2 is 1.43 bits per heavy atom.